The summed E-state index contributed by atoms with van der Waals surface area (Å²) in [6.07, 6.45) is 0. The molecule has 106 valence electrons. The highest BCUT2D eigenvalue weighted by Crippen LogP contribution is 2.40. The maximum Gasteiger partial charge on any atom is 0.378 e. The molecule has 3 rings (SSSR count). The third-order valence-electron chi connectivity index (χ3n) is 3.35. The maximum atomic E-state index is 5.37. The van der Waals surface area contributed by atoms with Crippen molar-refractivity contribution in [1.82, 2.24) is 10.2 Å². The molecule has 1 aliphatic heterocycles. The third-order valence-corrected chi connectivity index (χ3v) is 3.35. The van der Waals surface area contributed by atoms with Gasteiger partial charge in [-0.05, 0) is 12.1 Å². The molecule has 0 saturated carbocycles. The second-order valence-corrected chi connectivity index (χ2v) is 4.39. The Balaban J connectivity index is 2.14. The predicted molar refractivity (Wildman–Crippen MR) is 72.4 cm³/mol. The van der Waals surface area contributed by atoms with Crippen LogP contribution in [0.3, 0.4) is 0 Å². The molecule has 0 aliphatic carbocycles. The van der Waals surface area contributed by atoms with Gasteiger partial charge in [-0.3, -0.25) is 5.32 Å². The minimum Gasteiger partial charge on any atom is -0.493 e. The van der Waals surface area contributed by atoms with E-state index in [2.05, 4.69) is 20.1 Å². The Kier molecular flexibility index (Phi) is 3.09. The van der Waals surface area contributed by atoms with Gasteiger partial charge < -0.3 is 14.2 Å². The van der Waals surface area contributed by atoms with Crippen LogP contribution in [0.15, 0.2) is 12.1 Å². The van der Waals surface area contributed by atoms with E-state index < -0.39 is 0 Å². The summed E-state index contributed by atoms with van der Waals surface area (Å²) < 4.78 is 18.2. The number of nitrogens with zero attached hydrogens (tertiary/aromatic N) is 2. The van der Waals surface area contributed by atoms with Gasteiger partial charge in [0.1, 0.15) is 0 Å². The van der Waals surface area contributed by atoms with E-state index in [1.807, 2.05) is 12.1 Å². The maximum absolute atomic E-state index is 5.37. The third kappa shape index (κ3) is 1.82. The summed E-state index contributed by atoms with van der Waals surface area (Å²) in [6, 6.07) is 3.81. The molecule has 0 amide bonds. The summed E-state index contributed by atoms with van der Waals surface area (Å²) >= 11 is 0. The van der Waals surface area contributed by atoms with Gasteiger partial charge in [-0.2, -0.15) is 5.10 Å². The van der Waals surface area contributed by atoms with Crippen molar-refractivity contribution in [3.8, 4) is 28.6 Å². The van der Waals surface area contributed by atoms with Crippen LogP contribution in [0.2, 0.25) is 0 Å². The van der Waals surface area contributed by atoms with Crippen molar-refractivity contribution in [2.75, 3.05) is 33.2 Å². The molecule has 7 nitrogen and oxygen atoms in total. The summed E-state index contributed by atoms with van der Waals surface area (Å²) in [7, 11) is 4.80. The number of hydrogen-bond acceptors (Lipinski definition) is 5. The summed E-state index contributed by atoms with van der Waals surface area (Å²) in [5.41, 5.74) is 0.932. The van der Waals surface area contributed by atoms with Crippen molar-refractivity contribution in [2.24, 2.45) is 0 Å². The van der Waals surface area contributed by atoms with Crippen LogP contribution in [0, 0.1) is 0 Å². The molecule has 1 aromatic heterocycles. The van der Waals surface area contributed by atoms with Gasteiger partial charge in [-0.25, -0.2) is 4.57 Å². The number of fused-ring (bicyclic) bond motifs is 1. The Morgan fingerprint density at radius 3 is 2.40 bits per heavy atom. The minimum absolute atomic E-state index is 0.582. The molecular weight excluding hydrogens is 260 g/mol. The van der Waals surface area contributed by atoms with Gasteiger partial charge in [0.05, 0.1) is 34.4 Å². The number of hydrogen-bond donors (Lipinski definition) is 2. The van der Waals surface area contributed by atoms with Crippen molar-refractivity contribution in [3.05, 3.63) is 12.1 Å². The fraction of sp³-hybridized carbons (Fsp3) is 0.385. The summed E-state index contributed by atoms with van der Waals surface area (Å²) in [5.74, 6) is 3.57. The highest BCUT2D eigenvalue weighted by Gasteiger charge is 2.26. The lowest BCUT2D eigenvalue weighted by molar-refractivity contribution is -0.659. The SMILES string of the molecule is COc1cc(-c2[nH]nc3[n+]2CCN3)cc(OC)c1OC. The predicted octanol–water partition coefficient (Wildman–Crippen LogP) is 0.815. The summed E-state index contributed by atoms with van der Waals surface area (Å²) in [5, 5.41) is 10.5. The van der Waals surface area contributed by atoms with E-state index in [9.17, 15) is 0 Å². The van der Waals surface area contributed by atoms with Crippen molar-refractivity contribution < 1.29 is 18.8 Å². The van der Waals surface area contributed by atoms with Gasteiger partial charge in [0.25, 0.3) is 0 Å². The van der Waals surface area contributed by atoms with E-state index in [1.54, 1.807) is 21.3 Å². The molecule has 2 N–H and O–H groups in total. The second kappa shape index (κ2) is 4.92. The van der Waals surface area contributed by atoms with Crippen LogP contribution in [-0.2, 0) is 6.54 Å². The molecule has 0 bridgehead atoms. The minimum atomic E-state index is 0.582. The number of aromatic amines is 1. The summed E-state index contributed by atoms with van der Waals surface area (Å²) in [4.78, 5) is 0. The molecule has 20 heavy (non-hydrogen) atoms. The van der Waals surface area contributed by atoms with Gasteiger partial charge >= 0.3 is 5.95 Å². The first kappa shape index (κ1) is 12.6. The number of methoxy groups -OCH3 is 3. The highest BCUT2D eigenvalue weighted by atomic mass is 16.5. The van der Waals surface area contributed by atoms with Gasteiger partial charge in [0, 0.05) is 10.7 Å². The van der Waals surface area contributed by atoms with Gasteiger partial charge in [-0.15, -0.1) is 0 Å². The normalized spacial score (nSPS) is 12.8. The van der Waals surface area contributed by atoms with Crippen molar-refractivity contribution in [3.63, 3.8) is 0 Å². The number of rotatable bonds is 4. The molecule has 0 unspecified atom stereocenters. The lowest BCUT2D eigenvalue weighted by Crippen LogP contribution is -2.31. The standard InChI is InChI=1S/C13H16N4O3/c1-18-9-6-8(7-10(19-2)11(9)20-3)12-15-16-13-14-4-5-17(12)13/h6-7H,4-5H2,1-3H3,(H,14,16)/p+1. The zero-order chi connectivity index (χ0) is 14.1. The zero-order valence-electron chi connectivity index (χ0n) is 11.7. The number of nitrogens with one attached hydrogen (secondary N) is 2. The Hall–Kier alpha value is -2.44. The number of H-pyrrole nitrogens is 1. The quantitative estimate of drug-likeness (QED) is 0.809. The van der Waals surface area contributed by atoms with E-state index in [0.717, 1.165) is 30.4 Å². The number of anilines is 1. The van der Waals surface area contributed by atoms with Crippen LogP contribution in [0.5, 0.6) is 17.2 Å². The molecule has 0 fully saturated rings. The lowest BCUT2D eigenvalue weighted by atomic mass is 10.1. The molecule has 1 aromatic carbocycles. The molecule has 1 aliphatic rings. The first-order valence-corrected chi connectivity index (χ1v) is 6.31. The van der Waals surface area contributed by atoms with E-state index in [0.29, 0.717) is 17.2 Å². The van der Waals surface area contributed by atoms with Gasteiger partial charge in [0.2, 0.25) is 11.6 Å². The molecule has 0 atom stereocenters. The molecular formula is C13H17N4O3+. The first-order valence-electron chi connectivity index (χ1n) is 6.31. The van der Waals surface area contributed by atoms with Gasteiger partial charge in [0.15, 0.2) is 11.5 Å². The first-order chi connectivity index (χ1) is 9.78. The number of benzene rings is 1. The second-order valence-electron chi connectivity index (χ2n) is 4.39. The van der Waals surface area contributed by atoms with Crippen molar-refractivity contribution in [1.29, 1.82) is 0 Å². The molecule has 0 saturated heterocycles. The topological polar surface area (TPSA) is 72.3 Å². The fourth-order valence-corrected chi connectivity index (χ4v) is 2.40. The van der Waals surface area contributed by atoms with E-state index in [4.69, 9.17) is 14.2 Å². The van der Waals surface area contributed by atoms with Crippen molar-refractivity contribution in [2.45, 2.75) is 6.54 Å². The Bertz CT molecular complexity index is 614. The van der Waals surface area contributed by atoms with Gasteiger partial charge in [-0.1, -0.05) is 0 Å². The molecule has 0 spiro atoms. The van der Waals surface area contributed by atoms with Crippen LogP contribution >= 0.6 is 0 Å². The van der Waals surface area contributed by atoms with E-state index in [1.165, 1.54) is 0 Å². The number of aromatic nitrogens is 3. The Labute approximate surface area is 116 Å². The van der Waals surface area contributed by atoms with Crippen LogP contribution in [-0.4, -0.2) is 38.1 Å². The molecule has 2 heterocycles. The fourth-order valence-electron chi connectivity index (χ4n) is 2.40. The monoisotopic (exact) mass is 277 g/mol. The summed E-state index contributed by atoms with van der Waals surface area (Å²) in [6.45, 7) is 1.76. The molecule has 2 aromatic rings. The molecule has 0 radical (unpaired) electrons. The molecule has 7 heteroatoms. The zero-order valence-corrected chi connectivity index (χ0v) is 11.7. The average Bonchev–Trinajstić information content (AvgIpc) is 3.08. The Morgan fingerprint density at radius 1 is 1.10 bits per heavy atom. The van der Waals surface area contributed by atoms with E-state index >= 15 is 0 Å². The smallest absolute Gasteiger partial charge is 0.378 e. The van der Waals surface area contributed by atoms with Crippen LogP contribution in [0.4, 0.5) is 5.95 Å². The average molecular weight is 277 g/mol. The lowest BCUT2D eigenvalue weighted by Gasteiger charge is -2.13. The van der Waals surface area contributed by atoms with Crippen LogP contribution < -0.4 is 24.1 Å². The van der Waals surface area contributed by atoms with Crippen molar-refractivity contribution >= 4 is 5.95 Å². The highest BCUT2D eigenvalue weighted by molar-refractivity contribution is 5.65. The van der Waals surface area contributed by atoms with Crippen LogP contribution in [0.1, 0.15) is 0 Å². The van der Waals surface area contributed by atoms with Crippen LogP contribution in [0.25, 0.3) is 11.4 Å². The number of ether oxygens (including phenoxy) is 3. The Morgan fingerprint density at radius 2 is 1.80 bits per heavy atom. The largest absolute Gasteiger partial charge is 0.493 e. The van der Waals surface area contributed by atoms with E-state index in [-0.39, 0.29) is 0 Å².